The van der Waals surface area contributed by atoms with E-state index < -0.39 is 5.97 Å². The summed E-state index contributed by atoms with van der Waals surface area (Å²) in [5.41, 5.74) is 0.148. The fraction of sp³-hybridized carbons (Fsp3) is 0.500. The quantitative estimate of drug-likeness (QED) is 0.766. The van der Waals surface area contributed by atoms with Crippen molar-refractivity contribution in [2.45, 2.75) is 39.2 Å². The number of carbonyl (C=O) groups is 1. The van der Waals surface area contributed by atoms with Gasteiger partial charge in [0.1, 0.15) is 11.0 Å². The van der Waals surface area contributed by atoms with Crippen LogP contribution in [-0.2, 0) is 0 Å². The van der Waals surface area contributed by atoms with Crippen molar-refractivity contribution in [1.29, 1.82) is 0 Å². The molecule has 0 saturated heterocycles. The molecule has 0 amide bonds. The standard InChI is InChI=1S/C12H17ClN2O2/c1-3-4-5-8(2)14-11-7-9(12(16)17)6-10(13)15-11/h6-8H,3-5H2,1-2H3,(H,14,15)(H,16,17). The van der Waals surface area contributed by atoms with Crippen molar-refractivity contribution in [2.24, 2.45) is 0 Å². The highest BCUT2D eigenvalue weighted by atomic mass is 35.5. The fourth-order valence-corrected chi connectivity index (χ4v) is 1.74. The number of carboxylic acids is 1. The van der Waals surface area contributed by atoms with Crippen molar-refractivity contribution >= 4 is 23.4 Å². The maximum atomic E-state index is 10.8. The zero-order valence-electron chi connectivity index (χ0n) is 10.0. The number of nitrogens with zero attached hydrogens (tertiary/aromatic N) is 1. The molecule has 1 heterocycles. The summed E-state index contributed by atoms with van der Waals surface area (Å²) in [6.45, 7) is 4.17. The van der Waals surface area contributed by atoms with Crippen molar-refractivity contribution in [3.05, 3.63) is 22.8 Å². The second-order valence-corrected chi connectivity index (χ2v) is 4.44. The molecule has 94 valence electrons. The molecule has 0 aromatic carbocycles. The van der Waals surface area contributed by atoms with Gasteiger partial charge in [0.2, 0.25) is 0 Å². The van der Waals surface area contributed by atoms with Gasteiger partial charge in [0.15, 0.2) is 0 Å². The smallest absolute Gasteiger partial charge is 0.335 e. The number of hydrogen-bond donors (Lipinski definition) is 2. The Labute approximate surface area is 106 Å². The summed E-state index contributed by atoms with van der Waals surface area (Å²) in [5, 5.41) is 12.2. The van der Waals surface area contributed by atoms with Crippen LogP contribution < -0.4 is 5.32 Å². The Morgan fingerprint density at radius 3 is 2.88 bits per heavy atom. The third kappa shape index (κ3) is 4.61. The molecule has 0 fully saturated rings. The molecular weight excluding hydrogens is 240 g/mol. The normalized spacial score (nSPS) is 12.2. The summed E-state index contributed by atoms with van der Waals surface area (Å²) in [5.74, 6) is -0.489. The van der Waals surface area contributed by atoms with Crippen LogP contribution in [0.4, 0.5) is 5.82 Å². The highest BCUT2D eigenvalue weighted by Crippen LogP contribution is 2.16. The Balaban J connectivity index is 2.73. The van der Waals surface area contributed by atoms with Gasteiger partial charge < -0.3 is 10.4 Å². The number of anilines is 1. The van der Waals surface area contributed by atoms with Gasteiger partial charge in [-0.3, -0.25) is 0 Å². The molecule has 5 heteroatoms. The third-order valence-corrected chi connectivity index (χ3v) is 2.62. The van der Waals surface area contributed by atoms with Crippen LogP contribution in [0.25, 0.3) is 0 Å². The van der Waals surface area contributed by atoms with Crippen LogP contribution >= 0.6 is 11.6 Å². The number of halogens is 1. The van der Waals surface area contributed by atoms with Crippen LogP contribution in [0, 0.1) is 0 Å². The lowest BCUT2D eigenvalue weighted by molar-refractivity contribution is 0.0697. The van der Waals surface area contributed by atoms with Crippen LogP contribution in [0.5, 0.6) is 0 Å². The summed E-state index contributed by atoms with van der Waals surface area (Å²) >= 11 is 5.77. The summed E-state index contributed by atoms with van der Waals surface area (Å²) < 4.78 is 0. The summed E-state index contributed by atoms with van der Waals surface area (Å²) in [6.07, 6.45) is 3.28. The summed E-state index contributed by atoms with van der Waals surface area (Å²) in [4.78, 5) is 14.9. The molecule has 2 N–H and O–H groups in total. The average Bonchev–Trinajstić information content (AvgIpc) is 2.25. The van der Waals surface area contributed by atoms with E-state index in [1.807, 2.05) is 6.92 Å². The minimum Gasteiger partial charge on any atom is -0.478 e. The van der Waals surface area contributed by atoms with Crippen molar-refractivity contribution in [3.8, 4) is 0 Å². The topological polar surface area (TPSA) is 62.2 Å². The molecule has 1 aromatic heterocycles. The first-order chi connectivity index (χ1) is 8.02. The van der Waals surface area contributed by atoms with Crippen LogP contribution in [0.3, 0.4) is 0 Å². The van der Waals surface area contributed by atoms with Gasteiger partial charge in [0, 0.05) is 6.04 Å². The monoisotopic (exact) mass is 256 g/mol. The lowest BCUT2D eigenvalue weighted by atomic mass is 10.1. The van der Waals surface area contributed by atoms with E-state index in [1.54, 1.807) is 0 Å². The first-order valence-corrected chi connectivity index (χ1v) is 6.08. The molecule has 0 spiro atoms. The number of aromatic nitrogens is 1. The van der Waals surface area contributed by atoms with E-state index in [4.69, 9.17) is 16.7 Å². The summed E-state index contributed by atoms with van der Waals surface area (Å²) in [7, 11) is 0. The lowest BCUT2D eigenvalue weighted by Gasteiger charge is -2.14. The van der Waals surface area contributed by atoms with Gasteiger partial charge >= 0.3 is 5.97 Å². The molecule has 0 radical (unpaired) electrons. The maximum absolute atomic E-state index is 10.8. The first kappa shape index (κ1) is 13.8. The second kappa shape index (κ2) is 6.45. The molecule has 1 atom stereocenters. The molecular formula is C12H17ClN2O2. The van der Waals surface area contributed by atoms with E-state index in [0.29, 0.717) is 5.82 Å². The van der Waals surface area contributed by atoms with Gasteiger partial charge in [-0.1, -0.05) is 31.4 Å². The number of unbranched alkanes of at least 4 members (excludes halogenated alkanes) is 1. The number of rotatable bonds is 6. The molecule has 4 nitrogen and oxygen atoms in total. The Kier molecular flexibility index (Phi) is 5.22. The number of nitrogens with one attached hydrogen (secondary N) is 1. The molecule has 0 aliphatic carbocycles. The van der Waals surface area contributed by atoms with Gasteiger partial charge in [-0.15, -0.1) is 0 Å². The van der Waals surface area contributed by atoms with E-state index in [9.17, 15) is 4.79 Å². The average molecular weight is 257 g/mol. The van der Waals surface area contributed by atoms with Crippen LogP contribution in [0.15, 0.2) is 12.1 Å². The molecule has 0 bridgehead atoms. The second-order valence-electron chi connectivity index (χ2n) is 4.06. The maximum Gasteiger partial charge on any atom is 0.335 e. The van der Waals surface area contributed by atoms with E-state index in [2.05, 4.69) is 17.2 Å². The molecule has 0 saturated carbocycles. The van der Waals surface area contributed by atoms with Crippen LogP contribution in [0.2, 0.25) is 5.15 Å². The molecule has 1 aromatic rings. The fourth-order valence-electron chi connectivity index (χ4n) is 1.53. The van der Waals surface area contributed by atoms with Crippen molar-refractivity contribution in [1.82, 2.24) is 4.98 Å². The predicted octanol–water partition coefficient (Wildman–Crippen LogP) is 3.42. The Morgan fingerprint density at radius 1 is 1.59 bits per heavy atom. The van der Waals surface area contributed by atoms with Crippen molar-refractivity contribution in [2.75, 3.05) is 5.32 Å². The number of carboxylic acid groups (broad SMARTS) is 1. The zero-order chi connectivity index (χ0) is 12.8. The van der Waals surface area contributed by atoms with E-state index >= 15 is 0 Å². The first-order valence-electron chi connectivity index (χ1n) is 5.70. The van der Waals surface area contributed by atoms with Crippen LogP contribution in [-0.4, -0.2) is 22.1 Å². The Morgan fingerprint density at radius 2 is 2.29 bits per heavy atom. The van der Waals surface area contributed by atoms with E-state index in [1.165, 1.54) is 12.1 Å². The molecule has 17 heavy (non-hydrogen) atoms. The molecule has 1 rings (SSSR count). The van der Waals surface area contributed by atoms with E-state index in [0.717, 1.165) is 19.3 Å². The van der Waals surface area contributed by atoms with Crippen LogP contribution in [0.1, 0.15) is 43.5 Å². The Hall–Kier alpha value is -1.29. The van der Waals surface area contributed by atoms with Gasteiger partial charge in [0.05, 0.1) is 5.56 Å². The van der Waals surface area contributed by atoms with E-state index in [-0.39, 0.29) is 16.8 Å². The minimum atomic E-state index is -1.00. The third-order valence-electron chi connectivity index (χ3n) is 2.43. The highest BCUT2D eigenvalue weighted by molar-refractivity contribution is 6.29. The molecule has 0 aliphatic heterocycles. The lowest BCUT2D eigenvalue weighted by Crippen LogP contribution is -2.16. The predicted molar refractivity (Wildman–Crippen MR) is 68.8 cm³/mol. The van der Waals surface area contributed by atoms with Gasteiger partial charge in [-0.2, -0.15) is 0 Å². The number of hydrogen-bond acceptors (Lipinski definition) is 3. The Bertz CT molecular complexity index is 396. The molecule has 0 aliphatic rings. The van der Waals surface area contributed by atoms with Gasteiger partial charge in [-0.25, -0.2) is 9.78 Å². The number of aromatic carboxylic acids is 1. The SMILES string of the molecule is CCCCC(C)Nc1cc(C(=O)O)cc(Cl)n1. The van der Waals surface area contributed by atoms with Gasteiger partial charge in [-0.05, 0) is 25.5 Å². The number of pyridine rings is 1. The largest absolute Gasteiger partial charge is 0.478 e. The highest BCUT2D eigenvalue weighted by Gasteiger charge is 2.09. The minimum absolute atomic E-state index is 0.148. The van der Waals surface area contributed by atoms with Crippen molar-refractivity contribution in [3.63, 3.8) is 0 Å². The zero-order valence-corrected chi connectivity index (χ0v) is 10.8. The summed E-state index contributed by atoms with van der Waals surface area (Å²) in [6, 6.07) is 3.09. The molecule has 1 unspecified atom stereocenters. The van der Waals surface area contributed by atoms with Crippen molar-refractivity contribution < 1.29 is 9.90 Å². The van der Waals surface area contributed by atoms with Gasteiger partial charge in [0.25, 0.3) is 0 Å².